The third kappa shape index (κ3) is 3.13. The molecule has 0 unspecified atom stereocenters. The molecule has 23 heavy (non-hydrogen) atoms. The van der Waals surface area contributed by atoms with Crippen LogP contribution in [0.5, 0.6) is 0 Å². The van der Waals surface area contributed by atoms with Crippen molar-refractivity contribution in [2.75, 3.05) is 0 Å². The zero-order valence-corrected chi connectivity index (χ0v) is 14.5. The Labute approximate surface area is 145 Å². The number of imidazole rings is 1. The Morgan fingerprint density at radius 3 is 2.57 bits per heavy atom. The van der Waals surface area contributed by atoms with Gasteiger partial charge in [0, 0.05) is 17.0 Å². The number of pyridine rings is 1. The summed E-state index contributed by atoms with van der Waals surface area (Å²) in [5.74, 6) is 0. The Balaban J connectivity index is 1.82. The Bertz CT molecular complexity index is 807. The number of fused-ring (bicyclic) bond motifs is 1. The Kier molecular flexibility index (Phi) is 4.32. The van der Waals surface area contributed by atoms with Gasteiger partial charge < -0.3 is 0 Å². The third-order valence-electron chi connectivity index (χ3n) is 4.42. The van der Waals surface area contributed by atoms with Gasteiger partial charge in [0.15, 0.2) is 0 Å². The van der Waals surface area contributed by atoms with E-state index in [2.05, 4.69) is 28.7 Å². The number of rotatable bonds is 3. The number of hydrogen-bond donors (Lipinski definition) is 0. The highest BCUT2D eigenvalue weighted by molar-refractivity contribution is 8.00. The van der Waals surface area contributed by atoms with Crippen molar-refractivity contribution in [1.82, 2.24) is 9.38 Å². The fraction of sp³-hybridized carbons (Fsp3) is 0.316. The smallest absolute Gasteiger partial charge is 0.138 e. The van der Waals surface area contributed by atoms with Gasteiger partial charge >= 0.3 is 0 Å². The summed E-state index contributed by atoms with van der Waals surface area (Å²) in [7, 11) is 0. The lowest BCUT2D eigenvalue weighted by molar-refractivity contribution is 0.515. The molecule has 0 bridgehead atoms. The minimum absolute atomic E-state index is 0.685. The predicted molar refractivity (Wildman–Crippen MR) is 98.4 cm³/mol. The molecule has 1 saturated carbocycles. The van der Waals surface area contributed by atoms with Crippen LogP contribution in [0, 0.1) is 0 Å². The molecular formula is C19H19ClN2S. The normalized spacial score (nSPS) is 16.0. The first-order valence-corrected chi connectivity index (χ1v) is 9.47. The number of thioether (sulfide) groups is 1. The first kappa shape index (κ1) is 15.1. The van der Waals surface area contributed by atoms with Crippen LogP contribution in [-0.2, 0) is 0 Å². The molecule has 0 saturated heterocycles. The second-order valence-corrected chi connectivity index (χ2v) is 7.81. The maximum absolute atomic E-state index is 6.23. The Morgan fingerprint density at radius 1 is 1.00 bits per heavy atom. The second kappa shape index (κ2) is 6.58. The average molecular weight is 343 g/mol. The fourth-order valence-corrected chi connectivity index (χ4v) is 4.81. The number of halogens is 1. The van der Waals surface area contributed by atoms with Crippen LogP contribution in [0.4, 0.5) is 0 Å². The zero-order valence-electron chi connectivity index (χ0n) is 12.9. The average Bonchev–Trinajstić information content (AvgIpc) is 2.95. The minimum atomic E-state index is 0.685. The molecule has 2 heterocycles. The molecule has 4 rings (SSSR count). The summed E-state index contributed by atoms with van der Waals surface area (Å²) in [6.45, 7) is 0. The van der Waals surface area contributed by atoms with Crippen LogP contribution in [0.2, 0.25) is 5.02 Å². The van der Waals surface area contributed by atoms with E-state index >= 15 is 0 Å². The van der Waals surface area contributed by atoms with Crippen LogP contribution < -0.4 is 0 Å². The topological polar surface area (TPSA) is 17.3 Å². The van der Waals surface area contributed by atoms with Crippen LogP contribution in [0.1, 0.15) is 32.1 Å². The summed E-state index contributed by atoms with van der Waals surface area (Å²) < 4.78 is 2.16. The quantitative estimate of drug-likeness (QED) is 0.573. The van der Waals surface area contributed by atoms with E-state index in [0.717, 1.165) is 16.4 Å². The molecule has 118 valence electrons. The molecule has 0 spiro atoms. The largest absolute Gasteiger partial charge is 0.293 e. The van der Waals surface area contributed by atoms with Crippen LogP contribution in [0.25, 0.3) is 16.9 Å². The van der Waals surface area contributed by atoms with E-state index in [1.54, 1.807) is 0 Å². The van der Waals surface area contributed by atoms with E-state index in [-0.39, 0.29) is 0 Å². The maximum atomic E-state index is 6.23. The first-order valence-electron chi connectivity index (χ1n) is 8.21. The van der Waals surface area contributed by atoms with Gasteiger partial charge in [-0.25, -0.2) is 4.98 Å². The lowest BCUT2D eigenvalue weighted by Gasteiger charge is -2.21. The lowest BCUT2D eigenvalue weighted by Crippen LogP contribution is -2.08. The molecular weight excluding hydrogens is 324 g/mol. The monoisotopic (exact) mass is 342 g/mol. The molecule has 2 nitrogen and oxygen atoms in total. The summed E-state index contributed by atoms with van der Waals surface area (Å²) >= 11 is 8.20. The lowest BCUT2D eigenvalue weighted by atomic mass is 10.0. The molecule has 1 aliphatic rings. The van der Waals surface area contributed by atoms with E-state index in [9.17, 15) is 0 Å². The molecule has 0 radical (unpaired) electrons. The van der Waals surface area contributed by atoms with E-state index in [1.807, 2.05) is 36.2 Å². The van der Waals surface area contributed by atoms with Crippen LogP contribution >= 0.6 is 23.4 Å². The highest BCUT2D eigenvalue weighted by Gasteiger charge is 2.21. The Hall–Kier alpha value is -1.45. The van der Waals surface area contributed by atoms with Gasteiger partial charge in [0.1, 0.15) is 16.4 Å². The SMILES string of the molecule is Clc1ccc2nc(-c3ccccc3)c(SC3CCCCC3)n2c1. The summed E-state index contributed by atoms with van der Waals surface area (Å²) in [4.78, 5) is 4.87. The molecule has 0 aliphatic heterocycles. The van der Waals surface area contributed by atoms with E-state index in [4.69, 9.17) is 16.6 Å². The third-order valence-corrected chi connectivity index (χ3v) is 6.06. The van der Waals surface area contributed by atoms with Crippen molar-refractivity contribution in [3.63, 3.8) is 0 Å². The predicted octanol–water partition coefficient (Wildman–Crippen LogP) is 6.08. The van der Waals surface area contributed by atoms with Crippen molar-refractivity contribution >= 4 is 29.0 Å². The van der Waals surface area contributed by atoms with Gasteiger partial charge in [-0.05, 0) is 25.0 Å². The first-order chi connectivity index (χ1) is 11.3. The molecule has 2 aromatic heterocycles. The van der Waals surface area contributed by atoms with Gasteiger partial charge in [-0.1, -0.05) is 61.2 Å². The summed E-state index contributed by atoms with van der Waals surface area (Å²) in [5.41, 5.74) is 3.21. The molecule has 1 fully saturated rings. The Morgan fingerprint density at radius 2 is 1.78 bits per heavy atom. The number of hydrogen-bond acceptors (Lipinski definition) is 2. The van der Waals surface area contributed by atoms with Gasteiger partial charge in [0.25, 0.3) is 0 Å². The van der Waals surface area contributed by atoms with Crippen molar-refractivity contribution < 1.29 is 0 Å². The molecule has 0 N–H and O–H groups in total. The zero-order chi connectivity index (χ0) is 15.6. The van der Waals surface area contributed by atoms with Gasteiger partial charge in [-0.2, -0.15) is 0 Å². The standard InChI is InChI=1S/C19H19ClN2S/c20-15-11-12-17-21-18(14-7-3-1-4-8-14)19(22(17)13-15)23-16-9-5-2-6-10-16/h1,3-4,7-8,11-13,16H,2,5-6,9-10H2. The van der Waals surface area contributed by atoms with Gasteiger partial charge in [-0.15, -0.1) is 11.8 Å². The highest BCUT2D eigenvalue weighted by Crippen LogP contribution is 2.39. The summed E-state index contributed by atoms with van der Waals surface area (Å²) in [5, 5.41) is 2.66. The molecule has 1 aliphatic carbocycles. The highest BCUT2D eigenvalue weighted by atomic mass is 35.5. The van der Waals surface area contributed by atoms with Crippen molar-refractivity contribution in [2.24, 2.45) is 0 Å². The van der Waals surface area contributed by atoms with Crippen molar-refractivity contribution in [3.8, 4) is 11.3 Å². The van der Waals surface area contributed by atoms with Crippen molar-refractivity contribution in [3.05, 3.63) is 53.7 Å². The maximum Gasteiger partial charge on any atom is 0.138 e. The number of benzene rings is 1. The van der Waals surface area contributed by atoms with Crippen LogP contribution in [0.15, 0.2) is 53.7 Å². The summed E-state index contributed by atoms with van der Waals surface area (Å²) in [6.07, 6.45) is 8.65. The van der Waals surface area contributed by atoms with E-state index < -0.39 is 0 Å². The molecule has 0 amide bonds. The van der Waals surface area contributed by atoms with Gasteiger partial charge in [0.05, 0.1) is 5.02 Å². The van der Waals surface area contributed by atoms with Gasteiger partial charge in [-0.3, -0.25) is 4.40 Å². The van der Waals surface area contributed by atoms with E-state index in [1.165, 1.54) is 42.7 Å². The van der Waals surface area contributed by atoms with Gasteiger partial charge in [0.2, 0.25) is 0 Å². The van der Waals surface area contributed by atoms with Crippen molar-refractivity contribution in [2.45, 2.75) is 42.4 Å². The summed E-state index contributed by atoms with van der Waals surface area (Å²) in [6, 6.07) is 14.4. The molecule has 0 atom stereocenters. The number of aromatic nitrogens is 2. The van der Waals surface area contributed by atoms with Crippen LogP contribution in [-0.4, -0.2) is 14.6 Å². The molecule has 1 aromatic carbocycles. The molecule has 3 aromatic rings. The van der Waals surface area contributed by atoms with E-state index in [0.29, 0.717) is 5.25 Å². The van der Waals surface area contributed by atoms with Crippen molar-refractivity contribution in [1.29, 1.82) is 0 Å². The minimum Gasteiger partial charge on any atom is -0.293 e. The molecule has 4 heteroatoms. The second-order valence-electron chi connectivity index (χ2n) is 6.08. The van der Waals surface area contributed by atoms with Crippen LogP contribution in [0.3, 0.4) is 0 Å². The fourth-order valence-electron chi connectivity index (χ4n) is 3.23. The number of nitrogens with zero attached hydrogens (tertiary/aromatic N) is 2.